The Labute approximate surface area is 91.6 Å². The van der Waals surface area contributed by atoms with E-state index in [1.54, 1.807) is 17.5 Å². The van der Waals surface area contributed by atoms with Crippen LogP contribution in [-0.2, 0) is 6.42 Å². The van der Waals surface area contributed by atoms with Crippen LogP contribution in [0.1, 0.15) is 11.8 Å². The van der Waals surface area contributed by atoms with Gasteiger partial charge in [0.25, 0.3) is 0 Å². The summed E-state index contributed by atoms with van der Waals surface area (Å²) in [5.41, 5.74) is 2.01. The molecular weight excluding hydrogens is 216 g/mol. The van der Waals surface area contributed by atoms with Crippen molar-refractivity contribution in [3.05, 3.63) is 33.9 Å². The molecule has 0 radical (unpaired) electrons. The molecule has 2 aromatic heterocycles. The molecule has 0 N–H and O–H groups in total. The highest BCUT2D eigenvalue weighted by Crippen LogP contribution is 2.24. The Kier molecular flexibility index (Phi) is 2.79. The van der Waals surface area contributed by atoms with Gasteiger partial charge in [-0.05, 0) is 30.2 Å². The van der Waals surface area contributed by atoms with Gasteiger partial charge in [0, 0.05) is 22.0 Å². The lowest BCUT2D eigenvalue weighted by atomic mass is 10.2. The SMILES string of the molecule is CCc1cc(-c2ccnc(Cl)n2)cs1. The Hall–Kier alpha value is -0.930. The molecule has 2 heterocycles. The van der Waals surface area contributed by atoms with Crippen molar-refractivity contribution >= 4 is 22.9 Å². The maximum absolute atomic E-state index is 5.72. The van der Waals surface area contributed by atoms with E-state index in [1.807, 2.05) is 6.07 Å². The van der Waals surface area contributed by atoms with Crippen LogP contribution in [0.2, 0.25) is 5.28 Å². The molecule has 0 bridgehead atoms. The van der Waals surface area contributed by atoms with Gasteiger partial charge in [0.2, 0.25) is 5.28 Å². The molecule has 0 spiro atoms. The van der Waals surface area contributed by atoms with Crippen molar-refractivity contribution in [2.24, 2.45) is 0 Å². The topological polar surface area (TPSA) is 25.8 Å². The van der Waals surface area contributed by atoms with E-state index in [2.05, 4.69) is 28.3 Å². The summed E-state index contributed by atoms with van der Waals surface area (Å²) in [4.78, 5) is 9.36. The third-order valence-electron chi connectivity index (χ3n) is 1.92. The molecule has 2 rings (SSSR count). The Morgan fingerprint density at radius 1 is 1.50 bits per heavy atom. The zero-order valence-corrected chi connectivity index (χ0v) is 9.27. The van der Waals surface area contributed by atoms with Crippen molar-refractivity contribution in [1.29, 1.82) is 0 Å². The molecule has 0 amide bonds. The van der Waals surface area contributed by atoms with E-state index in [4.69, 9.17) is 11.6 Å². The van der Waals surface area contributed by atoms with Crippen LogP contribution in [0.25, 0.3) is 11.3 Å². The fourth-order valence-electron chi connectivity index (χ4n) is 1.20. The number of halogens is 1. The van der Waals surface area contributed by atoms with Crippen molar-refractivity contribution in [1.82, 2.24) is 9.97 Å². The molecular formula is C10H9ClN2S. The summed E-state index contributed by atoms with van der Waals surface area (Å²) in [6, 6.07) is 4.01. The Morgan fingerprint density at radius 3 is 3.00 bits per heavy atom. The van der Waals surface area contributed by atoms with Crippen molar-refractivity contribution in [2.45, 2.75) is 13.3 Å². The van der Waals surface area contributed by atoms with E-state index < -0.39 is 0 Å². The number of rotatable bonds is 2. The van der Waals surface area contributed by atoms with Gasteiger partial charge < -0.3 is 0 Å². The molecule has 0 atom stereocenters. The molecule has 0 aliphatic rings. The van der Waals surface area contributed by atoms with E-state index in [0.717, 1.165) is 17.7 Å². The Bertz CT molecular complexity index is 439. The molecule has 0 saturated heterocycles. The molecule has 14 heavy (non-hydrogen) atoms. The van der Waals surface area contributed by atoms with Crippen LogP contribution in [0.5, 0.6) is 0 Å². The fourth-order valence-corrected chi connectivity index (χ4v) is 2.17. The van der Waals surface area contributed by atoms with E-state index in [0.29, 0.717) is 5.28 Å². The quantitative estimate of drug-likeness (QED) is 0.731. The zero-order valence-electron chi connectivity index (χ0n) is 7.70. The summed E-state index contributed by atoms with van der Waals surface area (Å²) in [5, 5.41) is 2.39. The first-order valence-electron chi connectivity index (χ1n) is 4.36. The van der Waals surface area contributed by atoms with Gasteiger partial charge in [-0.1, -0.05) is 6.92 Å². The maximum Gasteiger partial charge on any atom is 0.222 e. The van der Waals surface area contributed by atoms with E-state index >= 15 is 0 Å². The number of aryl methyl sites for hydroxylation is 1. The third-order valence-corrected chi connectivity index (χ3v) is 3.19. The molecule has 72 valence electrons. The van der Waals surface area contributed by atoms with Gasteiger partial charge in [-0.25, -0.2) is 9.97 Å². The first kappa shape index (κ1) is 9.62. The first-order chi connectivity index (χ1) is 6.79. The lowest BCUT2D eigenvalue weighted by Gasteiger charge is -1.95. The van der Waals surface area contributed by atoms with Crippen molar-refractivity contribution in [3.63, 3.8) is 0 Å². The molecule has 0 aliphatic carbocycles. The van der Waals surface area contributed by atoms with Crippen molar-refractivity contribution in [2.75, 3.05) is 0 Å². The van der Waals surface area contributed by atoms with Crippen LogP contribution >= 0.6 is 22.9 Å². The monoisotopic (exact) mass is 224 g/mol. The summed E-state index contributed by atoms with van der Waals surface area (Å²) in [7, 11) is 0. The Morgan fingerprint density at radius 2 is 2.36 bits per heavy atom. The standard InChI is InChI=1S/C10H9ClN2S/c1-2-8-5-7(6-14-8)9-3-4-12-10(11)13-9/h3-6H,2H2,1H3. The molecule has 0 fully saturated rings. The van der Waals surface area contributed by atoms with Crippen LogP contribution in [0.4, 0.5) is 0 Å². The molecule has 0 unspecified atom stereocenters. The fraction of sp³-hybridized carbons (Fsp3) is 0.200. The number of thiophene rings is 1. The van der Waals surface area contributed by atoms with Gasteiger partial charge >= 0.3 is 0 Å². The smallest absolute Gasteiger partial charge is 0.222 e. The van der Waals surface area contributed by atoms with Crippen molar-refractivity contribution < 1.29 is 0 Å². The molecule has 2 nitrogen and oxygen atoms in total. The second-order valence-electron chi connectivity index (χ2n) is 2.87. The van der Waals surface area contributed by atoms with Crippen molar-refractivity contribution in [3.8, 4) is 11.3 Å². The largest absolute Gasteiger partial charge is 0.226 e. The average molecular weight is 225 g/mol. The van der Waals surface area contributed by atoms with E-state index in [1.165, 1.54) is 4.88 Å². The lowest BCUT2D eigenvalue weighted by molar-refractivity contribution is 1.17. The highest BCUT2D eigenvalue weighted by atomic mass is 35.5. The molecule has 0 saturated carbocycles. The number of aromatic nitrogens is 2. The van der Waals surface area contributed by atoms with Gasteiger partial charge in [-0.2, -0.15) is 0 Å². The number of hydrogen-bond donors (Lipinski definition) is 0. The first-order valence-corrected chi connectivity index (χ1v) is 5.61. The maximum atomic E-state index is 5.72. The van der Waals surface area contributed by atoms with E-state index in [-0.39, 0.29) is 0 Å². The van der Waals surface area contributed by atoms with Crippen LogP contribution in [0.15, 0.2) is 23.7 Å². The molecule has 4 heteroatoms. The van der Waals surface area contributed by atoms with Crippen LogP contribution < -0.4 is 0 Å². The average Bonchev–Trinajstić information content (AvgIpc) is 2.66. The Balaban J connectivity index is 2.39. The second kappa shape index (κ2) is 4.07. The summed E-state index contributed by atoms with van der Waals surface area (Å²) in [5.74, 6) is 0. The predicted molar refractivity (Wildman–Crippen MR) is 59.7 cm³/mol. The van der Waals surface area contributed by atoms with Gasteiger partial charge in [0.05, 0.1) is 5.69 Å². The van der Waals surface area contributed by atoms with Crippen LogP contribution in [-0.4, -0.2) is 9.97 Å². The summed E-state index contributed by atoms with van der Waals surface area (Å²) < 4.78 is 0. The number of hydrogen-bond acceptors (Lipinski definition) is 3. The normalized spacial score (nSPS) is 10.4. The zero-order chi connectivity index (χ0) is 9.97. The van der Waals surface area contributed by atoms with Gasteiger partial charge in [-0.15, -0.1) is 11.3 Å². The predicted octanol–water partition coefficient (Wildman–Crippen LogP) is 3.42. The van der Waals surface area contributed by atoms with Crippen LogP contribution in [0, 0.1) is 0 Å². The molecule has 2 aromatic rings. The van der Waals surface area contributed by atoms with Gasteiger partial charge in [-0.3, -0.25) is 0 Å². The summed E-state index contributed by atoms with van der Waals surface area (Å²) in [6.45, 7) is 2.14. The van der Waals surface area contributed by atoms with Gasteiger partial charge in [0.1, 0.15) is 0 Å². The molecule has 0 aliphatic heterocycles. The highest BCUT2D eigenvalue weighted by Gasteiger charge is 2.03. The minimum Gasteiger partial charge on any atom is -0.226 e. The molecule has 0 aromatic carbocycles. The minimum absolute atomic E-state index is 0.298. The summed E-state index contributed by atoms with van der Waals surface area (Å²) >= 11 is 7.46. The minimum atomic E-state index is 0.298. The second-order valence-corrected chi connectivity index (χ2v) is 4.20. The van der Waals surface area contributed by atoms with Gasteiger partial charge in [0.15, 0.2) is 0 Å². The third kappa shape index (κ3) is 1.94. The van der Waals surface area contributed by atoms with Crippen LogP contribution in [0.3, 0.4) is 0 Å². The number of nitrogens with zero attached hydrogens (tertiary/aromatic N) is 2. The van der Waals surface area contributed by atoms with E-state index in [9.17, 15) is 0 Å². The lowest BCUT2D eigenvalue weighted by Crippen LogP contribution is -1.84. The summed E-state index contributed by atoms with van der Waals surface area (Å²) in [6.07, 6.45) is 2.73. The highest BCUT2D eigenvalue weighted by molar-refractivity contribution is 7.10.